The maximum Gasteiger partial charge on any atom is 0.259 e. The van der Waals surface area contributed by atoms with Gasteiger partial charge < -0.3 is 15.0 Å². The lowest BCUT2D eigenvalue weighted by atomic mass is 10.1. The summed E-state index contributed by atoms with van der Waals surface area (Å²) in [6.45, 7) is 3.80. The summed E-state index contributed by atoms with van der Waals surface area (Å²) in [5, 5.41) is 13.3. The highest BCUT2D eigenvalue weighted by molar-refractivity contribution is 7.19. The minimum absolute atomic E-state index is 0.0268. The van der Waals surface area contributed by atoms with Gasteiger partial charge in [0.15, 0.2) is 0 Å². The van der Waals surface area contributed by atoms with Crippen molar-refractivity contribution in [3.05, 3.63) is 45.8 Å². The Balaban J connectivity index is 1.75. The molecule has 1 fully saturated rings. The molecule has 8 heteroatoms. The van der Waals surface area contributed by atoms with Gasteiger partial charge in [-0.05, 0) is 43.1 Å². The molecule has 0 radical (unpaired) electrons. The summed E-state index contributed by atoms with van der Waals surface area (Å²) in [6.07, 6.45) is 5.06. The van der Waals surface area contributed by atoms with Crippen molar-refractivity contribution in [1.29, 1.82) is 0 Å². The van der Waals surface area contributed by atoms with Gasteiger partial charge in [-0.3, -0.25) is 14.5 Å². The molecule has 0 saturated carbocycles. The van der Waals surface area contributed by atoms with Crippen molar-refractivity contribution >= 4 is 33.1 Å². The van der Waals surface area contributed by atoms with E-state index in [0.29, 0.717) is 17.7 Å². The van der Waals surface area contributed by atoms with Crippen LogP contribution in [0.2, 0.25) is 0 Å². The zero-order valence-corrected chi connectivity index (χ0v) is 17.3. The van der Waals surface area contributed by atoms with E-state index in [1.165, 1.54) is 6.92 Å². The number of aliphatic hydroxyl groups is 1. The molecule has 1 aliphatic rings. The van der Waals surface area contributed by atoms with Crippen LogP contribution < -0.4 is 10.9 Å². The molecule has 7 nitrogen and oxygen atoms in total. The average Bonchev–Trinajstić information content (AvgIpc) is 3.08. The lowest BCUT2D eigenvalue weighted by molar-refractivity contribution is -0.114. The van der Waals surface area contributed by atoms with Crippen LogP contribution in [0.25, 0.3) is 21.2 Å². The molecule has 4 heterocycles. The molecule has 1 atom stereocenters. The second kappa shape index (κ2) is 8.06. The van der Waals surface area contributed by atoms with E-state index in [0.717, 1.165) is 46.6 Å². The van der Waals surface area contributed by atoms with Crippen molar-refractivity contribution in [2.24, 2.45) is 7.05 Å². The van der Waals surface area contributed by atoms with Gasteiger partial charge >= 0.3 is 0 Å². The molecule has 1 aliphatic heterocycles. The van der Waals surface area contributed by atoms with E-state index in [1.54, 1.807) is 29.1 Å². The summed E-state index contributed by atoms with van der Waals surface area (Å²) < 4.78 is 2.53. The van der Waals surface area contributed by atoms with Crippen LogP contribution in [-0.2, 0) is 18.4 Å². The molecule has 0 spiro atoms. The SMILES string of the molecule is CC(=O)Nc1cc(-c2cn(C)c(=O)c3cc(CN4CCCC(O)C4)sc23)ccn1. The fourth-order valence-electron chi connectivity index (χ4n) is 3.83. The zero-order chi connectivity index (χ0) is 20.5. The fraction of sp³-hybridized carbons (Fsp3) is 0.381. The van der Waals surface area contributed by atoms with Crippen molar-refractivity contribution in [1.82, 2.24) is 14.5 Å². The number of carbonyl (C=O) groups is 1. The lowest BCUT2D eigenvalue weighted by Gasteiger charge is -2.29. The Morgan fingerprint density at radius 1 is 1.41 bits per heavy atom. The molecule has 29 heavy (non-hydrogen) atoms. The van der Waals surface area contributed by atoms with Crippen molar-refractivity contribution in [2.75, 3.05) is 18.4 Å². The van der Waals surface area contributed by atoms with Crippen LogP contribution in [0, 0.1) is 0 Å². The highest BCUT2D eigenvalue weighted by Gasteiger charge is 2.20. The molecular weight excluding hydrogens is 388 g/mol. The number of aliphatic hydroxyl groups excluding tert-OH is 1. The van der Waals surface area contributed by atoms with Crippen molar-refractivity contribution in [3.8, 4) is 11.1 Å². The number of amides is 1. The molecule has 1 saturated heterocycles. The highest BCUT2D eigenvalue weighted by atomic mass is 32.1. The highest BCUT2D eigenvalue weighted by Crippen LogP contribution is 2.34. The van der Waals surface area contributed by atoms with Gasteiger partial charge in [0.1, 0.15) is 5.82 Å². The topological polar surface area (TPSA) is 87.5 Å². The van der Waals surface area contributed by atoms with E-state index in [-0.39, 0.29) is 17.6 Å². The first-order valence-corrected chi connectivity index (χ1v) is 10.5. The Morgan fingerprint density at radius 3 is 3.00 bits per heavy atom. The van der Waals surface area contributed by atoms with Gasteiger partial charge in [-0.2, -0.15) is 0 Å². The van der Waals surface area contributed by atoms with Crippen molar-refractivity contribution in [2.45, 2.75) is 32.4 Å². The summed E-state index contributed by atoms with van der Waals surface area (Å²) >= 11 is 1.61. The molecule has 0 aliphatic carbocycles. The number of aromatic nitrogens is 2. The first kappa shape index (κ1) is 19.8. The number of β-amino-alcohol motifs (C(OH)–C–C–N with tert-alkyl or cyclic N) is 1. The van der Waals surface area contributed by atoms with Gasteiger partial charge in [-0.1, -0.05) is 0 Å². The number of likely N-dealkylation sites (tertiary alicyclic amines) is 1. The predicted molar refractivity (Wildman–Crippen MR) is 115 cm³/mol. The molecule has 0 bridgehead atoms. The average molecular weight is 413 g/mol. The number of nitrogens with zero attached hydrogens (tertiary/aromatic N) is 3. The predicted octanol–water partition coefficient (Wildman–Crippen LogP) is 2.58. The minimum atomic E-state index is -0.273. The van der Waals surface area contributed by atoms with Crippen LogP contribution in [-0.4, -0.2) is 44.7 Å². The smallest absolute Gasteiger partial charge is 0.259 e. The van der Waals surface area contributed by atoms with E-state index in [4.69, 9.17) is 0 Å². The number of anilines is 1. The van der Waals surface area contributed by atoms with Crippen LogP contribution in [0.4, 0.5) is 5.82 Å². The largest absolute Gasteiger partial charge is 0.392 e. The standard InChI is InChI=1S/C21H24N4O3S/c1-13(26)23-19-8-14(5-6-22-19)18-12-24(2)21(28)17-9-16(29-20(17)18)11-25-7-3-4-15(27)10-25/h5-6,8-9,12,15,27H,3-4,7,10-11H2,1-2H3,(H,22,23,26). The molecule has 1 amide bonds. The van der Waals surface area contributed by atoms with Gasteiger partial charge in [0, 0.05) is 54.6 Å². The van der Waals surface area contributed by atoms with Gasteiger partial charge in [0.05, 0.1) is 11.5 Å². The first-order chi connectivity index (χ1) is 13.9. The zero-order valence-electron chi connectivity index (χ0n) is 16.5. The van der Waals surface area contributed by atoms with E-state index < -0.39 is 0 Å². The van der Waals surface area contributed by atoms with Crippen LogP contribution in [0.1, 0.15) is 24.6 Å². The molecular formula is C21H24N4O3S. The number of pyridine rings is 2. The molecule has 4 rings (SSSR count). The molecule has 152 valence electrons. The Hall–Kier alpha value is -2.55. The van der Waals surface area contributed by atoms with Gasteiger partial charge in [-0.25, -0.2) is 4.98 Å². The summed E-state index contributed by atoms with van der Waals surface area (Å²) in [7, 11) is 1.75. The molecule has 0 aromatic carbocycles. The maximum absolute atomic E-state index is 12.7. The number of hydrogen-bond acceptors (Lipinski definition) is 6. The Labute approximate surface area is 172 Å². The first-order valence-electron chi connectivity index (χ1n) is 9.67. The summed E-state index contributed by atoms with van der Waals surface area (Å²) in [5.41, 5.74) is 1.80. The fourth-order valence-corrected chi connectivity index (χ4v) is 5.05. The molecule has 2 N–H and O–H groups in total. The Kier molecular flexibility index (Phi) is 5.49. The summed E-state index contributed by atoms with van der Waals surface area (Å²) in [5.74, 6) is 0.304. The van der Waals surface area contributed by atoms with Crippen LogP contribution in [0.3, 0.4) is 0 Å². The van der Waals surface area contributed by atoms with Gasteiger partial charge in [0.2, 0.25) is 5.91 Å². The molecule has 3 aromatic heterocycles. The number of thiophene rings is 1. The normalized spacial score (nSPS) is 17.6. The maximum atomic E-state index is 12.7. The van der Waals surface area contributed by atoms with Crippen molar-refractivity contribution < 1.29 is 9.90 Å². The van der Waals surface area contributed by atoms with Gasteiger partial charge in [-0.15, -0.1) is 11.3 Å². The number of fused-ring (bicyclic) bond motifs is 1. The van der Waals surface area contributed by atoms with Crippen LogP contribution in [0.15, 0.2) is 35.4 Å². The van der Waals surface area contributed by atoms with Crippen LogP contribution >= 0.6 is 11.3 Å². The quantitative estimate of drug-likeness (QED) is 0.688. The number of hydrogen-bond donors (Lipinski definition) is 2. The number of nitrogens with one attached hydrogen (secondary N) is 1. The van der Waals surface area contributed by atoms with E-state index in [9.17, 15) is 14.7 Å². The number of carbonyl (C=O) groups excluding carboxylic acids is 1. The number of aryl methyl sites for hydroxylation is 1. The van der Waals surface area contributed by atoms with E-state index >= 15 is 0 Å². The summed E-state index contributed by atoms with van der Waals surface area (Å²) in [6, 6.07) is 5.68. The monoisotopic (exact) mass is 412 g/mol. The molecule has 3 aromatic rings. The van der Waals surface area contributed by atoms with Gasteiger partial charge in [0.25, 0.3) is 5.56 Å². The minimum Gasteiger partial charge on any atom is -0.392 e. The summed E-state index contributed by atoms with van der Waals surface area (Å²) in [4.78, 5) is 31.6. The lowest BCUT2D eigenvalue weighted by Crippen LogP contribution is -2.37. The number of piperidine rings is 1. The third-order valence-corrected chi connectivity index (χ3v) is 6.29. The van der Waals surface area contributed by atoms with Crippen LogP contribution in [0.5, 0.6) is 0 Å². The molecule has 1 unspecified atom stereocenters. The Bertz CT molecular complexity index is 1120. The number of rotatable bonds is 4. The van der Waals surface area contributed by atoms with E-state index in [2.05, 4.69) is 15.2 Å². The van der Waals surface area contributed by atoms with Crippen molar-refractivity contribution in [3.63, 3.8) is 0 Å². The second-order valence-corrected chi connectivity index (χ2v) is 8.69. The Morgan fingerprint density at radius 2 is 2.24 bits per heavy atom. The third-order valence-electron chi connectivity index (χ3n) is 5.14. The van der Waals surface area contributed by atoms with E-state index in [1.807, 2.05) is 24.4 Å². The third kappa shape index (κ3) is 4.24. The second-order valence-electron chi connectivity index (χ2n) is 7.56.